The average Bonchev–Trinajstić information content (AvgIpc) is 2.90. The van der Waals surface area contributed by atoms with E-state index in [1.165, 1.54) is 4.70 Å². The number of nitrogens with one attached hydrogen (secondary N) is 1. The molecule has 4 nitrogen and oxygen atoms in total. The second-order valence-corrected chi connectivity index (χ2v) is 7.38. The number of halogens is 1. The van der Waals surface area contributed by atoms with Gasteiger partial charge in [-0.15, -0.1) is 11.3 Å². The van der Waals surface area contributed by atoms with Gasteiger partial charge >= 0.3 is 0 Å². The minimum Gasteiger partial charge on any atom is -0.369 e. The van der Waals surface area contributed by atoms with E-state index in [4.69, 9.17) is 0 Å². The van der Waals surface area contributed by atoms with E-state index in [0.29, 0.717) is 0 Å². The monoisotopic (exact) mass is 380 g/mol. The van der Waals surface area contributed by atoms with Gasteiger partial charge in [-0.05, 0) is 46.2 Å². The van der Waals surface area contributed by atoms with E-state index >= 15 is 0 Å². The summed E-state index contributed by atoms with van der Waals surface area (Å²) in [6.07, 6.45) is 2.63. The molecule has 0 saturated carbocycles. The molecule has 0 atom stereocenters. The number of aromatic nitrogens is 3. The van der Waals surface area contributed by atoms with Crippen molar-refractivity contribution in [3.63, 3.8) is 0 Å². The van der Waals surface area contributed by atoms with Gasteiger partial charge in [-0.2, -0.15) is 0 Å². The maximum absolute atomic E-state index is 4.62. The maximum Gasteiger partial charge on any atom is 0.157 e. The third-order valence-corrected chi connectivity index (χ3v) is 5.87. The second kappa shape index (κ2) is 6.72. The largest absolute Gasteiger partial charge is 0.369 e. The highest BCUT2D eigenvalue weighted by atomic mass is 79.9. The zero-order chi connectivity index (χ0) is 14.7. The van der Waals surface area contributed by atoms with Crippen molar-refractivity contribution in [2.24, 2.45) is 0 Å². The van der Waals surface area contributed by atoms with Crippen LogP contribution in [0.1, 0.15) is 13.3 Å². The Kier molecular flexibility index (Phi) is 4.72. The second-order valence-electron chi connectivity index (χ2n) is 4.32. The Morgan fingerprint density at radius 1 is 1.29 bits per heavy atom. The molecule has 1 aromatic carbocycles. The number of nitrogens with zero attached hydrogens (tertiary/aromatic N) is 3. The predicted molar refractivity (Wildman–Crippen MR) is 92.3 cm³/mol. The Morgan fingerprint density at radius 3 is 2.95 bits per heavy atom. The van der Waals surface area contributed by atoms with E-state index < -0.39 is 0 Å². The number of thiazole rings is 1. The van der Waals surface area contributed by atoms with Crippen LogP contribution < -0.4 is 5.32 Å². The maximum atomic E-state index is 4.62. The van der Waals surface area contributed by atoms with Gasteiger partial charge in [0.15, 0.2) is 4.34 Å². The van der Waals surface area contributed by atoms with Gasteiger partial charge in [0, 0.05) is 6.54 Å². The van der Waals surface area contributed by atoms with Gasteiger partial charge in [0.25, 0.3) is 0 Å². The first kappa shape index (κ1) is 14.7. The number of hydrogen-bond acceptors (Lipinski definition) is 6. The molecule has 3 rings (SSSR count). The van der Waals surface area contributed by atoms with Crippen LogP contribution in [0.3, 0.4) is 0 Å². The first-order valence-corrected chi connectivity index (χ1v) is 8.98. The smallest absolute Gasteiger partial charge is 0.157 e. The minimum absolute atomic E-state index is 0.829. The van der Waals surface area contributed by atoms with E-state index in [0.717, 1.165) is 38.1 Å². The van der Waals surface area contributed by atoms with Gasteiger partial charge < -0.3 is 5.32 Å². The molecule has 0 aliphatic rings. The molecule has 0 spiro atoms. The summed E-state index contributed by atoms with van der Waals surface area (Å²) in [6.45, 7) is 3.01. The molecule has 0 radical (unpaired) electrons. The normalized spacial score (nSPS) is 11.0. The summed E-state index contributed by atoms with van der Waals surface area (Å²) >= 11 is 6.81. The SMILES string of the molecule is CCCNc1ncnc(Sc2nc3ccccc3s2)c1Br. The Labute approximate surface area is 139 Å². The van der Waals surface area contributed by atoms with Crippen LogP contribution in [-0.2, 0) is 0 Å². The molecule has 0 saturated heterocycles. The molecule has 3 aromatic rings. The van der Waals surface area contributed by atoms with Gasteiger partial charge in [0.1, 0.15) is 17.2 Å². The molecular weight excluding hydrogens is 368 g/mol. The fourth-order valence-corrected chi connectivity index (χ4v) is 4.32. The van der Waals surface area contributed by atoms with Gasteiger partial charge in [-0.25, -0.2) is 15.0 Å². The lowest BCUT2D eigenvalue weighted by molar-refractivity contribution is 0.945. The Morgan fingerprint density at radius 2 is 2.14 bits per heavy atom. The van der Waals surface area contributed by atoms with Crippen molar-refractivity contribution in [2.45, 2.75) is 22.7 Å². The molecular formula is C14H13BrN4S2. The van der Waals surface area contributed by atoms with Crippen LogP contribution >= 0.6 is 39.0 Å². The van der Waals surface area contributed by atoms with E-state index in [-0.39, 0.29) is 0 Å². The van der Waals surface area contributed by atoms with Crippen molar-refractivity contribution in [3.8, 4) is 0 Å². The summed E-state index contributed by atoms with van der Waals surface area (Å²) < 4.78 is 3.06. The zero-order valence-electron chi connectivity index (χ0n) is 11.3. The molecule has 0 amide bonds. The molecule has 108 valence electrons. The number of para-hydroxylation sites is 1. The minimum atomic E-state index is 0.829. The molecule has 0 aliphatic carbocycles. The average molecular weight is 381 g/mol. The van der Waals surface area contributed by atoms with Crippen LogP contribution in [0, 0.1) is 0 Å². The summed E-state index contributed by atoms with van der Waals surface area (Å²) in [5.74, 6) is 0.829. The van der Waals surface area contributed by atoms with Crippen LogP contribution in [0.25, 0.3) is 10.2 Å². The fourth-order valence-electron chi connectivity index (χ4n) is 1.77. The summed E-state index contributed by atoms with van der Waals surface area (Å²) in [5, 5.41) is 4.16. The summed E-state index contributed by atoms with van der Waals surface area (Å²) in [7, 11) is 0. The molecule has 21 heavy (non-hydrogen) atoms. The molecule has 7 heteroatoms. The first-order chi connectivity index (χ1) is 10.3. The standard InChI is InChI=1S/C14H13BrN4S2/c1-2-7-16-12-11(15)13(18-8-17-12)21-14-19-9-5-3-4-6-10(9)20-14/h3-6,8H,2,7H2,1H3,(H,16,17,18). The van der Waals surface area contributed by atoms with Crippen molar-refractivity contribution in [2.75, 3.05) is 11.9 Å². The van der Waals surface area contributed by atoms with Crippen LogP contribution in [0.4, 0.5) is 5.82 Å². The third kappa shape index (κ3) is 3.36. The Bertz CT molecular complexity index is 727. The summed E-state index contributed by atoms with van der Waals surface area (Å²) in [5.41, 5.74) is 1.03. The number of anilines is 1. The van der Waals surface area contributed by atoms with Gasteiger partial charge in [0.2, 0.25) is 0 Å². The molecule has 2 heterocycles. The van der Waals surface area contributed by atoms with E-state index in [2.05, 4.69) is 49.2 Å². The van der Waals surface area contributed by atoms with Crippen LogP contribution in [0.2, 0.25) is 0 Å². The molecule has 1 N–H and O–H groups in total. The predicted octanol–water partition coefficient (Wildman–Crippen LogP) is 4.82. The summed E-state index contributed by atoms with van der Waals surface area (Å²) in [4.78, 5) is 13.2. The van der Waals surface area contributed by atoms with E-state index in [9.17, 15) is 0 Å². The lowest BCUT2D eigenvalue weighted by Gasteiger charge is -2.07. The molecule has 0 unspecified atom stereocenters. The van der Waals surface area contributed by atoms with Crippen molar-refractivity contribution in [3.05, 3.63) is 35.1 Å². The highest BCUT2D eigenvalue weighted by Crippen LogP contribution is 2.38. The fraction of sp³-hybridized carbons (Fsp3) is 0.214. The van der Waals surface area contributed by atoms with Crippen molar-refractivity contribution < 1.29 is 0 Å². The van der Waals surface area contributed by atoms with Crippen molar-refractivity contribution in [1.29, 1.82) is 0 Å². The van der Waals surface area contributed by atoms with Gasteiger partial charge in [0.05, 0.1) is 14.7 Å². The van der Waals surface area contributed by atoms with Gasteiger partial charge in [-0.3, -0.25) is 0 Å². The van der Waals surface area contributed by atoms with Gasteiger partial charge in [-0.1, -0.05) is 19.1 Å². The van der Waals surface area contributed by atoms with Crippen molar-refractivity contribution >= 4 is 55.1 Å². The van der Waals surface area contributed by atoms with Crippen LogP contribution in [0.5, 0.6) is 0 Å². The Balaban J connectivity index is 1.87. The topological polar surface area (TPSA) is 50.7 Å². The molecule has 2 aromatic heterocycles. The molecule has 0 bridgehead atoms. The number of hydrogen-bond donors (Lipinski definition) is 1. The van der Waals surface area contributed by atoms with Crippen molar-refractivity contribution in [1.82, 2.24) is 15.0 Å². The summed E-state index contributed by atoms with van der Waals surface area (Å²) in [6, 6.07) is 8.14. The van der Waals surface area contributed by atoms with Crippen LogP contribution in [-0.4, -0.2) is 21.5 Å². The quantitative estimate of drug-likeness (QED) is 0.642. The highest BCUT2D eigenvalue weighted by molar-refractivity contribution is 9.10. The number of benzene rings is 1. The number of rotatable bonds is 5. The lowest BCUT2D eigenvalue weighted by Crippen LogP contribution is -2.03. The highest BCUT2D eigenvalue weighted by Gasteiger charge is 2.12. The van der Waals surface area contributed by atoms with E-state index in [1.807, 2.05) is 18.2 Å². The van der Waals surface area contributed by atoms with Crippen LogP contribution in [0.15, 0.2) is 44.4 Å². The lowest BCUT2D eigenvalue weighted by atomic mass is 10.3. The molecule has 0 fully saturated rings. The number of fused-ring (bicyclic) bond motifs is 1. The third-order valence-electron chi connectivity index (χ3n) is 2.76. The first-order valence-electron chi connectivity index (χ1n) is 6.55. The zero-order valence-corrected chi connectivity index (χ0v) is 14.6. The van der Waals surface area contributed by atoms with E-state index in [1.54, 1.807) is 29.4 Å². The molecule has 0 aliphatic heterocycles. The Hall–Kier alpha value is -1.18.